The van der Waals surface area contributed by atoms with E-state index in [1.165, 1.54) is 0 Å². The van der Waals surface area contributed by atoms with Crippen molar-refractivity contribution in [3.63, 3.8) is 0 Å². The highest BCUT2D eigenvalue weighted by molar-refractivity contribution is 5.78. The molecule has 12 nitrogen and oxygen atoms in total. The largest absolute Gasteiger partial charge is 0.481 e. The van der Waals surface area contributed by atoms with Crippen molar-refractivity contribution in [3.05, 3.63) is 0 Å². The number of rotatable bonds is 44. The van der Waals surface area contributed by atoms with Crippen molar-refractivity contribution < 1.29 is 57.7 Å². The fourth-order valence-corrected chi connectivity index (χ4v) is 7.82. The van der Waals surface area contributed by atoms with Crippen LogP contribution in [-0.4, -0.2) is 98.2 Å². The van der Waals surface area contributed by atoms with Crippen molar-refractivity contribution in [2.24, 2.45) is 5.41 Å². The van der Waals surface area contributed by atoms with Gasteiger partial charge in [0.1, 0.15) is 0 Å². The first kappa shape index (κ1) is 57.6. The summed E-state index contributed by atoms with van der Waals surface area (Å²) in [6.45, 7) is 21.2. The third-order valence-corrected chi connectivity index (χ3v) is 10.8. The van der Waals surface area contributed by atoms with Crippen molar-refractivity contribution in [3.8, 4) is 0 Å². The number of aliphatic carboxylic acids is 2. The topological polar surface area (TPSA) is 148 Å². The lowest BCUT2D eigenvalue weighted by Crippen LogP contribution is -2.82. The van der Waals surface area contributed by atoms with E-state index in [1.807, 2.05) is 41.5 Å². The summed E-state index contributed by atoms with van der Waals surface area (Å²) in [6.07, 6.45) is 15.2. The molecular formula is C47H92O12. The van der Waals surface area contributed by atoms with Crippen LogP contribution in [0.5, 0.6) is 0 Å². The molecule has 2 N–H and O–H groups in total. The van der Waals surface area contributed by atoms with E-state index in [2.05, 4.69) is 13.8 Å². The minimum atomic E-state index is -2.27. The van der Waals surface area contributed by atoms with Gasteiger partial charge in [-0.05, 0) is 78.1 Å². The monoisotopic (exact) mass is 849 g/mol. The van der Waals surface area contributed by atoms with Gasteiger partial charge < -0.3 is 48.1 Å². The molecule has 352 valence electrons. The standard InChI is InChI=1S/C47H92O12/c1-11-19-21-25-29-39-54-43(9,52-33-13-3)46(56-35-15-5,57-36-16-6)45(42(50)51,32-28-24-23-27-31-41(48)49)47(58-37-17-7,59-38-18-8)44(10,53-34-14-4)55-40-30-26-22-20-12-2/h11-40H2,1-10H3,(H,48,49)(H,50,51). The van der Waals surface area contributed by atoms with Crippen molar-refractivity contribution in [1.82, 2.24) is 0 Å². The molecule has 0 aliphatic rings. The molecular weight excluding hydrogens is 757 g/mol. The van der Waals surface area contributed by atoms with Gasteiger partial charge in [0.25, 0.3) is 0 Å². The molecule has 0 bridgehead atoms. The highest BCUT2D eigenvalue weighted by atomic mass is 16.8. The summed E-state index contributed by atoms with van der Waals surface area (Å²) in [7, 11) is 0. The van der Waals surface area contributed by atoms with E-state index in [9.17, 15) is 15.0 Å². The molecule has 2 unspecified atom stereocenters. The van der Waals surface area contributed by atoms with Crippen LogP contribution in [0.3, 0.4) is 0 Å². The molecule has 0 fully saturated rings. The van der Waals surface area contributed by atoms with Crippen molar-refractivity contribution in [2.75, 3.05) is 52.9 Å². The van der Waals surface area contributed by atoms with Crippen LogP contribution in [0.15, 0.2) is 0 Å². The second-order valence-electron chi connectivity index (χ2n) is 16.3. The molecule has 2 atom stereocenters. The summed E-state index contributed by atoms with van der Waals surface area (Å²) in [5, 5.41) is 21.9. The molecule has 59 heavy (non-hydrogen) atoms. The van der Waals surface area contributed by atoms with Crippen LogP contribution in [0, 0.1) is 5.41 Å². The maximum Gasteiger partial charge on any atom is 0.321 e. The first-order chi connectivity index (χ1) is 28.3. The summed E-state index contributed by atoms with van der Waals surface area (Å²) in [6, 6.07) is 0. The number of carboxylic acid groups (broad SMARTS) is 2. The Bertz CT molecular complexity index is 966. The van der Waals surface area contributed by atoms with Crippen LogP contribution in [0.4, 0.5) is 0 Å². The molecule has 0 aromatic carbocycles. The Morgan fingerprint density at radius 3 is 1.00 bits per heavy atom. The smallest absolute Gasteiger partial charge is 0.321 e. The van der Waals surface area contributed by atoms with Gasteiger partial charge in [0, 0.05) is 19.6 Å². The fraction of sp³-hybridized carbons (Fsp3) is 0.957. The summed E-state index contributed by atoms with van der Waals surface area (Å²) < 4.78 is 56.0. The maximum absolute atomic E-state index is 15.3. The highest BCUT2D eigenvalue weighted by Gasteiger charge is 2.83. The highest BCUT2D eigenvalue weighted by Crippen LogP contribution is 2.61. The number of hydrogen-bond acceptors (Lipinski definition) is 10. The Labute approximate surface area is 360 Å². The molecule has 0 aliphatic carbocycles. The van der Waals surface area contributed by atoms with Gasteiger partial charge in [0.15, 0.2) is 5.41 Å². The van der Waals surface area contributed by atoms with Gasteiger partial charge in [0.2, 0.25) is 23.1 Å². The molecule has 0 spiro atoms. The van der Waals surface area contributed by atoms with E-state index >= 15 is 4.79 Å². The van der Waals surface area contributed by atoms with Gasteiger partial charge in [-0.1, -0.05) is 126 Å². The zero-order valence-corrected chi connectivity index (χ0v) is 39.7. The Morgan fingerprint density at radius 2 is 0.678 bits per heavy atom. The molecule has 12 heteroatoms. The number of carboxylic acids is 2. The predicted octanol–water partition coefficient (Wildman–Crippen LogP) is 11.8. The molecule has 0 amide bonds. The molecule has 0 aliphatic heterocycles. The molecule has 0 aromatic rings. The van der Waals surface area contributed by atoms with Crippen LogP contribution >= 0.6 is 0 Å². The summed E-state index contributed by atoms with van der Waals surface area (Å²) in [4.78, 5) is 26.8. The second-order valence-corrected chi connectivity index (χ2v) is 16.3. The van der Waals surface area contributed by atoms with Gasteiger partial charge >= 0.3 is 11.9 Å². The lowest BCUT2D eigenvalue weighted by molar-refractivity contribution is -0.507. The lowest BCUT2D eigenvalue weighted by atomic mass is 9.62. The zero-order chi connectivity index (χ0) is 44.5. The van der Waals surface area contributed by atoms with Crippen molar-refractivity contribution in [1.29, 1.82) is 0 Å². The van der Waals surface area contributed by atoms with Gasteiger partial charge in [-0.2, -0.15) is 0 Å². The van der Waals surface area contributed by atoms with E-state index in [1.54, 1.807) is 13.8 Å². The van der Waals surface area contributed by atoms with E-state index in [-0.39, 0.29) is 65.7 Å². The first-order valence-corrected chi connectivity index (χ1v) is 23.9. The van der Waals surface area contributed by atoms with E-state index in [0.29, 0.717) is 64.2 Å². The van der Waals surface area contributed by atoms with Gasteiger partial charge in [0.05, 0.1) is 39.6 Å². The SMILES string of the molecule is CCCCCCCOC(C)(OCCC)C(OCCC)(OCCC)C(CCCCCCC(=O)O)(C(=O)O)C(OCCC)(OCCC)C(C)(OCCC)OCCCCCCC. The summed E-state index contributed by atoms with van der Waals surface area (Å²) >= 11 is 0. The van der Waals surface area contributed by atoms with Crippen molar-refractivity contribution >= 4 is 11.9 Å². The Morgan fingerprint density at radius 1 is 0.373 bits per heavy atom. The molecule has 0 heterocycles. The van der Waals surface area contributed by atoms with Gasteiger partial charge in [-0.15, -0.1) is 0 Å². The van der Waals surface area contributed by atoms with Crippen molar-refractivity contribution in [2.45, 2.75) is 234 Å². The van der Waals surface area contributed by atoms with Crippen LogP contribution in [0.2, 0.25) is 0 Å². The minimum Gasteiger partial charge on any atom is -0.481 e. The molecule has 0 saturated carbocycles. The van der Waals surface area contributed by atoms with Crippen LogP contribution in [0.25, 0.3) is 0 Å². The molecule has 0 radical (unpaired) electrons. The van der Waals surface area contributed by atoms with Crippen LogP contribution < -0.4 is 0 Å². The number of ether oxygens (including phenoxy) is 8. The third-order valence-electron chi connectivity index (χ3n) is 10.8. The van der Waals surface area contributed by atoms with Gasteiger partial charge in [-0.3, -0.25) is 9.59 Å². The normalized spacial score (nSPS) is 15.5. The fourth-order valence-electron chi connectivity index (χ4n) is 7.82. The summed E-state index contributed by atoms with van der Waals surface area (Å²) in [5.41, 5.74) is -2.27. The Hall–Kier alpha value is -1.38. The first-order valence-electron chi connectivity index (χ1n) is 23.9. The Balaban J connectivity index is 8.73. The van der Waals surface area contributed by atoms with Crippen LogP contribution in [0.1, 0.15) is 210 Å². The number of unbranched alkanes of at least 4 members (excludes halogenated alkanes) is 11. The minimum absolute atomic E-state index is 0.0282. The van der Waals surface area contributed by atoms with Gasteiger partial charge in [-0.25, -0.2) is 0 Å². The van der Waals surface area contributed by atoms with E-state index in [0.717, 1.165) is 64.2 Å². The zero-order valence-electron chi connectivity index (χ0n) is 39.7. The molecule has 0 aromatic heterocycles. The predicted molar refractivity (Wildman–Crippen MR) is 235 cm³/mol. The molecule has 0 rings (SSSR count). The summed E-state index contributed by atoms with van der Waals surface area (Å²) in [5.74, 6) is -10.1. The van der Waals surface area contributed by atoms with E-state index in [4.69, 9.17) is 37.9 Å². The van der Waals surface area contributed by atoms with E-state index < -0.39 is 40.5 Å². The number of carbonyl (C=O) groups is 2. The average Bonchev–Trinajstić information content (AvgIpc) is 3.22. The maximum atomic E-state index is 15.3. The average molecular weight is 849 g/mol. The Kier molecular flexibility index (Phi) is 32.4. The number of hydrogen-bond donors (Lipinski definition) is 2. The quantitative estimate of drug-likeness (QED) is 0.0444. The lowest BCUT2D eigenvalue weighted by Gasteiger charge is -2.62. The van der Waals surface area contributed by atoms with Crippen LogP contribution in [-0.2, 0) is 47.5 Å². The second kappa shape index (κ2) is 33.2. The third kappa shape index (κ3) is 17.4. The molecule has 0 saturated heterocycles.